The first-order valence-corrected chi connectivity index (χ1v) is 4.30. The molecule has 0 saturated carbocycles. The SMILES string of the molecule is CCOc1nc(F)c(C(F)(F)F)cc1Cl. The molecule has 2 nitrogen and oxygen atoms in total. The molecule has 0 aliphatic carbocycles. The average molecular weight is 244 g/mol. The van der Waals surface area contributed by atoms with Gasteiger partial charge in [-0.1, -0.05) is 11.6 Å². The van der Waals surface area contributed by atoms with Crippen LogP contribution in [0.25, 0.3) is 0 Å². The highest BCUT2D eigenvalue weighted by molar-refractivity contribution is 6.31. The summed E-state index contributed by atoms with van der Waals surface area (Å²) in [6, 6.07) is 0.453. The molecule has 0 atom stereocenters. The van der Waals surface area contributed by atoms with Crippen molar-refractivity contribution < 1.29 is 22.3 Å². The van der Waals surface area contributed by atoms with E-state index in [1.807, 2.05) is 0 Å². The lowest BCUT2D eigenvalue weighted by molar-refractivity contribution is -0.140. The summed E-state index contributed by atoms with van der Waals surface area (Å²) in [5, 5.41) is -0.370. The van der Waals surface area contributed by atoms with E-state index in [2.05, 4.69) is 4.98 Å². The van der Waals surface area contributed by atoms with Gasteiger partial charge in [-0.05, 0) is 13.0 Å². The van der Waals surface area contributed by atoms with Crippen molar-refractivity contribution >= 4 is 11.6 Å². The van der Waals surface area contributed by atoms with Crippen LogP contribution in [-0.4, -0.2) is 11.6 Å². The van der Waals surface area contributed by atoms with Gasteiger partial charge in [0, 0.05) is 0 Å². The van der Waals surface area contributed by atoms with Crippen molar-refractivity contribution in [1.29, 1.82) is 0 Å². The fourth-order valence-electron chi connectivity index (χ4n) is 0.888. The number of hydrogen-bond acceptors (Lipinski definition) is 2. The van der Waals surface area contributed by atoms with Crippen molar-refractivity contribution in [3.8, 4) is 5.88 Å². The third-order valence-electron chi connectivity index (χ3n) is 1.48. The summed E-state index contributed by atoms with van der Waals surface area (Å²) >= 11 is 5.43. The van der Waals surface area contributed by atoms with E-state index in [9.17, 15) is 17.6 Å². The maximum atomic E-state index is 12.9. The molecular formula is C8H6ClF4NO. The van der Waals surface area contributed by atoms with Gasteiger partial charge in [-0.3, -0.25) is 0 Å². The summed E-state index contributed by atoms with van der Waals surface area (Å²) in [5.41, 5.74) is -1.50. The van der Waals surface area contributed by atoms with E-state index in [-0.39, 0.29) is 17.5 Å². The number of rotatable bonds is 2. The largest absolute Gasteiger partial charge is 0.477 e. The highest BCUT2D eigenvalue weighted by Crippen LogP contribution is 2.35. The zero-order valence-electron chi connectivity index (χ0n) is 7.53. The molecule has 0 N–H and O–H groups in total. The summed E-state index contributed by atoms with van der Waals surface area (Å²) in [4.78, 5) is 2.99. The Morgan fingerprint density at radius 2 is 2.07 bits per heavy atom. The van der Waals surface area contributed by atoms with E-state index in [4.69, 9.17) is 16.3 Å². The lowest BCUT2D eigenvalue weighted by Crippen LogP contribution is -2.10. The molecule has 0 aliphatic rings. The third kappa shape index (κ3) is 2.71. The van der Waals surface area contributed by atoms with Gasteiger partial charge in [-0.2, -0.15) is 22.5 Å². The predicted molar refractivity (Wildman–Crippen MR) is 45.4 cm³/mol. The molecule has 0 aromatic carbocycles. The number of aromatic nitrogens is 1. The molecule has 1 heterocycles. The summed E-state index contributed by atoms with van der Waals surface area (Å²) < 4.78 is 54.1. The van der Waals surface area contributed by atoms with Crippen LogP contribution in [0.15, 0.2) is 6.07 Å². The molecule has 0 saturated heterocycles. The topological polar surface area (TPSA) is 22.1 Å². The monoisotopic (exact) mass is 243 g/mol. The van der Waals surface area contributed by atoms with Gasteiger partial charge in [0.05, 0.1) is 6.61 Å². The van der Waals surface area contributed by atoms with Crippen LogP contribution in [0.5, 0.6) is 5.88 Å². The predicted octanol–water partition coefficient (Wildman–Crippen LogP) is 3.29. The van der Waals surface area contributed by atoms with Crippen molar-refractivity contribution in [2.75, 3.05) is 6.61 Å². The standard InChI is InChI=1S/C8H6ClF4NO/c1-2-15-7-5(9)3-4(6(10)14-7)8(11,12)13/h3H,2H2,1H3. The lowest BCUT2D eigenvalue weighted by Gasteiger charge is -2.10. The Balaban J connectivity index is 3.20. The fourth-order valence-corrected chi connectivity index (χ4v) is 1.09. The van der Waals surface area contributed by atoms with E-state index < -0.39 is 17.7 Å². The highest BCUT2D eigenvalue weighted by Gasteiger charge is 2.36. The molecule has 0 radical (unpaired) electrons. The van der Waals surface area contributed by atoms with Crippen molar-refractivity contribution in [2.45, 2.75) is 13.1 Å². The quantitative estimate of drug-likeness (QED) is 0.587. The van der Waals surface area contributed by atoms with Crippen LogP contribution in [-0.2, 0) is 6.18 Å². The molecule has 0 fully saturated rings. The normalized spacial score (nSPS) is 11.6. The Bertz CT molecular complexity index is 366. The molecule has 84 valence electrons. The number of halogens is 5. The van der Waals surface area contributed by atoms with Crippen LogP contribution < -0.4 is 4.74 Å². The van der Waals surface area contributed by atoms with Gasteiger partial charge in [0.15, 0.2) is 0 Å². The van der Waals surface area contributed by atoms with Crippen LogP contribution in [0.3, 0.4) is 0 Å². The van der Waals surface area contributed by atoms with Gasteiger partial charge in [0.2, 0.25) is 11.8 Å². The number of nitrogens with zero attached hydrogens (tertiary/aromatic N) is 1. The Morgan fingerprint density at radius 3 is 2.53 bits per heavy atom. The first kappa shape index (κ1) is 12.0. The minimum absolute atomic E-state index is 0.136. The van der Waals surface area contributed by atoms with E-state index in [1.54, 1.807) is 6.92 Å². The minimum atomic E-state index is -4.81. The molecule has 0 aliphatic heterocycles. The molecule has 0 amide bonds. The number of pyridine rings is 1. The Kier molecular flexibility index (Phi) is 3.38. The van der Waals surface area contributed by atoms with Crippen molar-refractivity contribution in [3.05, 3.63) is 22.6 Å². The molecular weight excluding hydrogens is 238 g/mol. The highest BCUT2D eigenvalue weighted by atomic mass is 35.5. The number of hydrogen-bond donors (Lipinski definition) is 0. The zero-order valence-corrected chi connectivity index (χ0v) is 8.29. The van der Waals surface area contributed by atoms with Gasteiger partial charge in [-0.15, -0.1) is 0 Å². The molecule has 15 heavy (non-hydrogen) atoms. The van der Waals surface area contributed by atoms with Gasteiger partial charge in [0.1, 0.15) is 10.6 Å². The van der Waals surface area contributed by atoms with Crippen LogP contribution >= 0.6 is 11.6 Å². The van der Waals surface area contributed by atoms with E-state index in [0.717, 1.165) is 0 Å². The first-order valence-electron chi connectivity index (χ1n) is 3.92. The maximum absolute atomic E-state index is 12.9. The number of ether oxygens (including phenoxy) is 1. The molecule has 1 aromatic heterocycles. The van der Waals surface area contributed by atoms with Crippen molar-refractivity contribution in [2.24, 2.45) is 0 Å². The summed E-state index contributed by atoms with van der Waals surface area (Å²) in [5.74, 6) is -1.99. The van der Waals surface area contributed by atoms with Gasteiger partial charge >= 0.3 is 6.18 Å². The summed E-state index contributed by atoms with van der Waals surface area (Å²) in [7, 11) is 0. The minimum Gasteiger partial charge on any atom is -0.477 e. The smallest absolute Gasteiger partial charge is 0.420 e. The second-order valence-corrected chi connectivity index (χ2v) is 2.95. The molecule has 7 heteroatoms. The van der Waals surface area contributed by atoms with Crippen molar-refractivity contribution in [1.82, 2.24) is 4.98 Å². The summed E-state index contributed by atoms with van der Waals surface area (Å²) in [6.07, 6.45) is -4.81. The first-order chi connectivity index (χ1) is 6.86. The molecule has 0 unspecified atom stereocenters. The van der Waals surface area contributed by atoms with E-state index in [1.165, 1.54) is 0 Å². The molecule has 1 rings (SSSR count). The Labute approximate surface area is 87.8 Å². The Hall–Kier alpha value is -1.04. The third-order valence-corrected chi connectivity index (χ3v) is 1.75. The summed E-state index contributed by atoms with van der Waals surface area (Å²) in [6.45, 7) is 1.71. The fraction of sp³-hybridized carbons (Fsp3) is 0.375. The van der Waals surface area contributed by atoms with E-state index in [0.29, 0.717) is 6.07 Å². The van der Waals surface area contributed by atoms with Crippen LogP contribution in [0, 0.1) is 5.95 Å². The van der Waals surface area contributed by atoms with Crippen LogP contribution in [0.4, 0.5) is 17.6 Å². The molecule has 0 bridgehead atoms. The molecule has 1 aromatic rings. The van der Waals surface area contributed by atoms with Gasteiger partial charge < -0.3 is 4.74 Å². The van der Waals surface area contributed by atoms with E-state index >= 15 is 0 Å². The Morgan fingerprint density at radius 1 is 1.47 bits per heavy atom. The maximum Gasteiger partial charge on any atom is 0.420 e. The van der Waals surface area contributed by atoms with Crippen molar-refractivity contribution in [3.63, 3.8) is 0 Å². The zero-order chi connectivity index (χ0) is 11.6. The van der Waals surface area contributed by atoms with Crippen LogP contribution in [0.1, 0.15) is 12.5 Å². The van der Waals surface area contributed by atoms with Gasteiger partial charge in [-0.25, -0.2) is 0 Å². The van der Waals surface area contributed by atoms with Crippen LogP contribution in [0.2, 0.25) is 5.02 Å². The number of alkyl halides is 3. The van der Waals surface area contributed by atoms with Gasteiger partial charge in [0.25, 0.3) is 0 Å². The lowest BCUT2D eigenvalue weighted by atomic mass is 10.2. The molecule has 0 spiro atoms. The average Bonchev–Trinajstić information content (AvgIpc) is 2.09. The second-order valence-electron chi connectivity index (χ2n) is 2.54. The second kappa shape index (κ2) is 4.22.